The van der Waals surface area contributed by atoms with Crippen LogP contribution in [0.3, 0.4) is 0 Å². The van der Waals surface area contributed by atoms with Crippen molar-refractivity contribution in [2.75, 3.05) is 6.54 Å². The van der Waals surface area contributed by atoms with Crippen molar-refractivity contribution in [3.05, 3.63) is 0 Å². The van der Waals surface area contributed by atoms with Gasteiger partial charge in [0.05, 0.1) is 0 Å². The Balaban J connectivity index is 0. The predicted molar refractivity (Wildman–Crippen MR) is 72.8 cm³/mol. The summed E-state index contributed by atoms with van der Waals surface area (Å²) in [4.78, 5) is 2.46. The zero-order valence-electron chi connectivity index (χ0n) is 13.9. The molecule has 0 fully saturated rings. The molecule has 0 saturated carbocycles. The Morgan fingerprint density at radius 2 is 1.12 bits per heavy atom. The molecule has 0 aromatic rings. The van der Waals surface area contributed by atoms with Gasteiger partial charge >= 0.3 is 23.3 Å². The van der Waals surface area contributed by atoms with Crippen molar-refractivity contribution in [2.24, 2.45) is 0 Å². The molecule has 0 aliphatic heterocycles. The molecule has 0 N–H and O–H groups in total. The summed E-state index contributed by atoms with van der Waals surface area (Å²) in [5.41, 5.74) is 0. The first kappa shape index (κ1) is 26.6. The Hall–Kier alpha value is -0.590. The van der Waals surface area contributed by atoms with Crippen molar-refractivity contribution < 1.29 is 47.6 Å². The molecule has 0 aromatic heterocycles. The first-order valence-electron chi connectivity index (χ1n) is 6.83. The van der Waals surface area contributed by atoms with Gasteiger partial charge in [-0.25, -0.2) is 4.21 Å². The van der Waals surface area contributed by atoms with Gasteiger partial charge in [-0.1, -0.05) is 6.92 Å². The molecule has 0 aromatic carbocycles. The molecule has 1 atom stereocenters. The van der Waals surface area contributed by atoms with Crippen LogP contribution in [0, 0.1) is 0 Å². The third-order valence-electron chi connectivity index (χ3n) is 3.01. The van der Waals surface area contributed by atoms with Crippen molar-refractivity contribution in [1.29, 1.82) is 0 Å². The van der Waals surface area contributed by atoms with Crippen LogP contribution in [0.2, 0.25) is 0 Å². The Labute approximate surface area is 141 Å². The molecular formula is C12H19F10NOS. The monoisotopic (exact) mass is 415 g/mol. The number of nitrogens with zero attached hydrogens (tertiary/aromatic N) is 1. The number of halogens is 10. The molecule has 0 heterocycles. The molecule has 154 valence electrons. The van der Waals surface area contributed by atoms with E-state index in [2.05, 4.69) is 39.5 Å². The van der Waals surface area contributed by atoms with Gasteiger partial charge in [-0.3, -0.25) is 4.90 Å². The summed E-state index contributed by atoms with van der Waals surface area (Å²) in [6, 6.07) is 1.38. The first-order chi connectivity index (χ1) is 10.8. The van der Waals surface area contributed by atoms with Gasteiger partial charge in [-0.05, 0) is 34.2 Å². The Kier molecular flexibility index (Phi) is 9.45. The van der Waals surface area contributed by atoms with E-state index in [1.54, 1.807) is 0 Å². The first-order valence-corrected chi connectivity index (χ1v) is 7.88. The second-order valence-electron chi connectivity index (χ2n) is 5.40. The maximum Gasteiger partial charge on any atom is 0.460 e. The molecule has 13 heteroatoms. The van der Waals surface area contributed by atoms with E-state index in [-0.39, 0.29) is 0 Å². The highest BCUT2D eigenvalue weighted by atomic mass is 32.2. The summed E-state index contributed by atoms with van der Waals surface area (Å²) >= 11 is -5.39. The molecular weight excluding hydrogens is 396 g/mol. The lowest BCUT2D eigenvalue weighted by Gasteiger charge is -2.31. The average Bonchev–Trinajstić information content (AvgIpc) is 2.37. The number of alkyl halides is 9. The van der Waals surface area contributed by atoms with Crippen molar-refractivity contribution in [3.8, 4) is 0 Å². The summed E-state index contributed by atoms with van der Waals surface area (Å²) in [5, 5.41) is -6.66. The molecule has 0 amide bonds. The smallest absolute Gasteiger partial charge is 0.299 e. The van der Waals surface area contributed by atoms with Gasteiger partial charge in [0.2, 0.25) is 0 Å². The van der Waals surface area contributed by atoms with E-state index < -0.39 is 34.5 Å². The highest BCUT2D eigenvalue weighted by molar-refractivity contribution is 7.81. The SMILES string of the molecule is CCN(C(C)C)C(C)C.O=S(F)C(F)(F)C(F)(F)C(F)(F)C(F)(F)F. The molecule has 1 unspecified atom stereocenters. The van der Waals surface area contributed by atoms with Gasteiger partial charge in [-0.15, -0.1) is 3.89 Å². The topological polar surface area (TPSA) is 20.3 Å². The van der Waals surface area contributed by atoms with Crippen LogP contribution in [0.15, 0.2) is 0 Å². The van der Waals surface area contributed by atoms with Crippen molar-refractivity contribution in [3.63, 3.8) is 0 Å². The Morgan fingerprint density at radius 1 is 0.800 bits per heavy atom. The molecule has 0 rings (SSSR count). The Morgan fingerprint density at radius 3 is 1.24 bits per heavy atom. The predicted octanol–water partition coefficient (Wildman–Crippen LogP) is 5.17. The maximum atomic E-state index is 12.1. The summed E-state index contributed by atoms with van der Waals surface area (Å²) in [7, 11) is 0. The average molecular weight is 415 g/mol. The lowest BCUT2D eigenvalue weighted by molar-refractivity contribution is -0.382. The summed E-state index contributed by atoms with van der Waals surface area (Å²) in [6.45, 7) is 12.3. The molecule has 2 nitrogen and oxygen atoms in total. The summed E-state index contributed by atoms with van der Waals surface area (Å²) in [6.07, 6.45) is -7.04. The van der Waals surface area contributed by atoms with E-state index in [4.69, 9.17) is 0 Å². The fourth-order valence-electron chi connectivity index (χ4n) is 1.79. The number of rotatable bonds is 6. The van der Waals surface area contributed by atoms with Crippen LogP contribution in [-0.4, -0.2) is 51.0 Å². The third-order valence-corrected chi connectivity index (χ3v) is 3.67. The third kappa shape index (κ3) is 5.97. The minimum atomic E-state index is -7.22. The van der Waals surface area contributed by atoms with Crippen LogP contribution in [0.1, 0.15) is 34.6 Å². The normalized spacial score (nSPS) is 15.4. The standard InChI is InChI=1S/C8H19N.C4F10OS/c1-6-9(7(2)3)8(4)5;5-1(6,3(9,10)11)2(7,8)4(12,13)16(14)15/h7-8H,6H2,1-5H3;. The van der Waals surface area contributed by atoms with Crippen LogP contribution in [0.5, 0.6) is 0 Å². The minimum Gasteiger partial charge on any atom is -0.299 e. The minimum absolute atomic E-state index is 0.690. The van der Waals surface area contributed by atoms with E-state index in [1.807, 2.05) is 0 Å². The van der Waals surface area contributed by atoms with Gasteiger partial charge in [0, 0.05) is 12.1 Å². The van der Waals surface area contributed by atoms with Crippen LogP contribution >= 0.6 is 0 Å². The lowest BCUT2D eigenvalue weighted by atomic mass is 10.1. The van der Waals surface area contributed by atoms with Crippen LogP contribution in [0.4, 0.5) is 43.4 Å². The lowest BCUT2D eigenvalue weighted by Crippen LogP contribution is -2.61. The van der Waals surface area contributed by atoms with E-state index in [9.17, 15) is 47.6 Å². The largest absolute Gasteiger partial charge is 0.460 e. The van der Waals surface area contributed by atoms with Gasteiger partial charge in [-0.2, -0.15) is 39.5 Å². The molecule has 0 saturated heterocycles. The molecule has 0 spiro atoms. The van der Waals surface area contributed by atoms with Crippen LogP contribution in [-0.2, 0) is 11.2 Å². The fraction of sp³-hybridized carbons (Fsp3) is 1.00. The van der Waals surface area contributed by atoms with E-state index in [1.165, 1.54) is 0 Å². The molecule has 0 bridgehead atoms. The second-order valence-corrected chi connectivity index (χ2v) is 6.36. The fourth-order valence-corrected chi connectivity index (χ4v) is 2.12. The molecule has 0 aliphatic rings. The van der Waals surface area contributed by atoms with Gasteiger partial charge in [0.1, 0.15) is 0 Å². The van der Waals surface area contributed by atoms with E-state index >= 15 is 0 Å². The van der Waals surface area contributed by atoms with Crippen molar-refractivity contribution in [2.45, 2.75) is 70.0 Å². The summed E-state index contributed by atoms with van der Waals surface area (Å²) in [5.74, 6) is -14.4. The van der Waals surface area contributed by atoms with Crippen LogP contribution in [0.25, 0.3) is 0 Å². The highest BCUT2D eigenvalue weighted by Gasteiger charge is 2.84. The number of hydrogen-bond donors (Lipinski definition) is 0. The van der Waals surface area contributed by atoms with Gasteiger partial charge in [0.15, 0.2) is 0 Å². The Bertz CT molecular complexity index is 428. The van der Waals surface area contributed by atoms with Gasteiger partial charge in [0.25, 0.3) is 11.2 Å². The zero-order chi connectivity index (χ0) is 21.0. The maximum absolute atomic E-state index is 12.1. The quantitative estimate of drug-likeness (QED) is 0.441. The molecule has 0 radical (unpaired) electrons. The van der Waals surface area contributed by atoms with E-state index in [0.717, 1.165) is 6.54 Å². The van der Waals surface area contributed by atoms with Crippen molar-refractivity contribution in [1.82, 2.24) is 4.90 Å². The van der Waals surface area contributed by atoms with Gasteiger partial charge < -0.3 is 0 Å². The zero-order valence-corrected chi connectivity index (χ0v) is 14.7. The van der Waals surface area contributed by atoms with Crippen molar-refractivity contribution >= 4 is 11.2 Å². The summed E-state index contributed by atoms with van der Waals surface area (Å²) < 4.78 is 127. The van der Waals surface area contributed by atoms with Crippen LogP contribution < -0.4 is 0 Å². The number of hydrogen-bond acceptors (Lipinski definition) is 2. The van der Waals surface area contributed by atoms with E-state index in [0.29, 0.717) is 12.1 Å². The molecule has 0 aliphatic carbocycles. The molecule has 25 heavy (non-hydrogen) atoms. The highest BCUT2D eigenvalue weighted by Crippen LogP contribution is 2.54. The second kappa shape index (κ2) is 8.87.